The van der Waals surface area contributed by atoms with Crippen LogP contribution in [0.3, 0.4) is 0 Å². The highest BCUT2D eigenvalue weighted by molar-refractivity contribution is 6.09. The van der Waals surface area contributed by atoms with Crippen LogP contribution in [0.25, 0.3) is 11.1 Å². The number of benzene rings is 2. The third-order valence-corrected chi connectivity index (χ3v) is 5.59. The van der Waals surface area contributed by atoms with E-state index in [-0.39, 0.29) is 6.04 Å². The van der Waals surface area contributed by atoms with Gasteiger partial charge in [0.1, 0.15) is 23.8 Å². The average Bonchev–Trinajstić information content (AvgIpc) is 3.20. The van der Waals surface area contributed by atoms with Crippen molar-refractivity contribution in [2.24, 2.45) is 4.99 Å². The summed E-state index contributed by atoms with van der Waals surface area (Å²) in [6.45, 7) is 7.51. The van der Waals surface area contributed by atoms with E-state index in [1.54, 1.807) is 17.0 Å². The first-order valence-electron chi connectivity index (χ1n) is 11.3. The third-order valence-electron chi connectivity index (χ3n) is 5.59. The van der Waals surface area contributed by atoms with Crippen molar-refractivity contribution in [3.05, 3.63) is 53.6 Å². The minimum Gasteiger partial charge on any atom is -0.491 e. The number of amides is 1. The standard InChI is InChI=1S/C25H28F3N3O3/c1-24(2,3)34-23(32)31(19-10-11-29-15-19)22-20-14-17(6-9-21(20)33-13-12-30-22)16-4-7-18(8-5-16)25(26,27)28/h4-9,14,19,29H,10-13,15H2,1-3H3. The zero-order valence-corrected chi connectivity index (χ0v) is 19.4. The predicted octanol–water partition coefficient (Wildman–Crippen LogP) is 5.11. The van der Waals surface area contributed by atoms with Crippen molar-refractivity contribution in [2.75, 3.05) is 26.2 Å². The highest BCUT2D eigenvalue weighted by Gasteiger charge is 2.36. The van der Waals surface area contributed by atoms with Gasteiger partial charge in [0.25, 0.3) is 0 Å². The Morgan fingerprint density at radius 3 is 2.44 bits per heavy atom. The van der Waals surface area contributed by atoms with Crippen LogP contribution in [0.1, 0.15) is 38.3 Å². The van der Waals surface area contributed by atoms with Crippen LogP contribution in [0, 0.1) is 0 Å². The van der Waals surface area contributed by atoms with Gasteiger partial charge in [-0.05, 0) is 69.1 Å². The summed E-state index contributed by atoms with van der Waals surface area (Å²) >= 11 is 0. The van der Waals surface area contributed by atoms with Gasteiger partial charge in [-0.2, -0.15) is 13.2 Å². The molecule has 2 heterocycles. The van der Waals surface area contributed by atoms with Gasteiger partial charge in [0, 0.05) is 6.54 Å². The molecular weight excluding hydrogens is 447 g/mol. The number of halogens is 3. The number of aliphatic imine (C=N–C) groups is 1. The fourth-order valence-electron chi connectivity index (χ4n) is 4.04. The number of amidine groups is 1. The van der Waals surface area contributed by atoms with Crippen LogP contribution in [-0.2, 0) is 10.9 Å². The van der Waals surface area contributed by atoms with Crippen molar-refractivity contribution in [3.8, 4) is 16.9 Å². The van der Waals surface area contributed by atoms with Gasteiger partial charge in [-0.3, -0.25) is 9.89 Å². The van der Waals surface area contributed by atoms with Crippen LogP contribution in [0.4, 0.5) is 18.0 Å². The number of carbonyl (C=O) groups is 1. The van der Waals surface area contributed by atoms with Gasteiger partial charge in [-0.15, -0.1) is 0 Å². The maximum atomic E-state index is 13.3. The smallest absolute Gasteiger partial charge is 0.416 e. The average molecular weight is 476 g/mol. The van der Waals surface area contributed by atoms with E-state index < -0.39 is 23.4 Å². The van der Waals surface area contributed by atoms with Crippen LogP contribution >= 0.6 is 0 Å². The Morgan fingerprint density at radius 2 is 1.82 bits per heavy atom. The first-order valence-corrected chi connectivity index (χ1v) is 11.3. The number of carbonyl (C=O) groups excluding carboxylic acids is 1. The molecule has 1 fully saturated rings. The summed E-state index contributed by atoms with van der Waals surface area (Å²) in [5.74, 6) is 1.01. The molecule has 1 amide bonds. The molecule has 0 radical (unpaired) electrons. The molecule has 1 atom stereocenters. The van der Waals surface area contributed by atoms with E-state index in [9.17, 15) is 18.0 Å². The molecule has 9 heteroatoms. The summed E-state index contributed by atoms with van der Waals surface area (Å²) in [6.07, 6.45) is -4.15. The van der Waals surface area contributed by atoms with E-state index in [2.05, 4.69) is 10.3 Å². The van der Waals surface area contributed by atoms with Crippen LogP contribution in [-0.4, -0.2) is 54.7 Å². The van der Waals surface area contributed by atoms with E-state index in [0.29, 0.717) is 48.0 Å². The lowest BCUT2D eigenvalue weighted by Gasteiger charge is -2.32. The van der Waals surface area contributed by atoms with E-state index in [1.165, 1.54) is 12.1 Å². The Labute approximate surface area is 196 Å². The highest BCUT2D eigenvalue weighted by atomic mass is 19.4. The molecule has 2 aliphatic rings. The molecular formula is C25H28F3N3O3. The summed E-state index contributed by atoms with van der Waals surface area (Å²) < 4.78 is 50.5. The molecule has 1 saturated heterocycles. The summed E-state index contributed by atoms with van der Waals surface area (Å²) in [5.41, 5.74) is 0.521. The molecule has 1 unspecified atom stereocenters. The monoisotopic (exact) mass is 475 g/mol. The predicted molar refractivity (Wildman–Crippen MR) is 123 cm³/mol. The molecule has 4 rings (SSSR count). The summed E-state index contributed by atoms with van der Waals surface area (Å²) in [7, 11) is 0. The summed E-state index contributed by atoms with van der Waals surface area (Å²) in [5, 5.41) is 3.28. The number of ether oxygens (including phenoxy) is 2. The van der Waals surface area contributed by atoms with Crippen LogP contribution in [0.2, 0.25) is 0 Å². The quantitative estimate of drug-likeness (QED) is 0.656. The maximum Gasteiger partial charge on any atom is 0.416 e. The number of nitrogens with zero attached hydrogens (tertiary/aromatic N) is 2. The van der Waals surface area contributed by atoms with E-state index in [4.69, 9.17) is 9.47 Å². The van der Waals surface area contributed by atoms with Crippen molar-refractivity contribution in [2.45, 2.75) is 45.0 Å². The summed E-state index contributed by atoms with van der Waals surface area (Å²) in [6, 6.07) is 10.2. The molecule has 0 bridgehead atoms. The molecule has 182 valence electrons. The van der Waals surface area contributed by atoms with Crippen LogP contribution in [0.15, 0.2) is 47.5 Å². The normalized spacial score (nSPS) is 18.4. The highest BCUT2D eigenvalue weighted by Crippen LogP contribution is 2.34. The minimum atomic E-state index is -4.40. The molecule has 0 aliphatic carbocycles. The Hall–Kier alpha value is -3.07. The number of hydrogen-bond donors (Lipinski definition) is 1. The SMILES string of the molecule is CC(C)(C)OC(=O)N(C1=NCCOc2ccc(-c3ccc(C(F)(F)F)cc3)cc21)C1CCNC1. The van der Waals surface area contributed by atoms with Crippen molar-refractivity contribution in [1.82, 2.24) is 10.2 Å². The fourth-order valence-corrected chi connectivity index (χ4v) is 4.04. The Bertz CT molecular complexity index is 1070. The van der Waals surface area contributed by atoms with Crippen molar-refractivity contribution in [1.29, 1.82) is 0 Å². The Morgan fingerprint density at radius 1 is 1.12 bits per heavy atom. The van der Waals surface area contributed by atoms with Gasteiger partial charge in [-0.25, -0.2) is 4.79 Å². The minimum absolute atomic E-state index is 0.144. The summed E-state index contributed by atoms with van der Waals surface area (Å²) in [4.78, 5) is 19.6. The van der Waals surface area contributed by atoms with E-state index >= 15 is 0 Å². The second kappa shape index (κ2) is 9.29. The first-order chi connectivity index (χ1) is 16.0. The topological polar surface area (TPSA) is 63.2 Å². The number of fused-ring (bicyclic) bond motifs is 1. The fraction of sp³-hybridized carbons (Fsp3) is 0.440. The Balaban J connectivity index is 1.75. The number of alkyl halides is 3. The molecule has 0 aromatic heterocycles. The molecule has 1 N–H and O–H groups in total. The molecule has 2 aromatic rings. The third kappa shape index (κ3) is 5.35. The van der Waals surface area contributed by atoms with Gasteiger partial charge in [0.15, 0.2) is 0 Å². The van der Waals surface area contributed by atoms with Crippen molar-refractivity contribution in [3.63, 3.8) is 0 Å². The van der Waals surface area contributed by atoms with Crippen molar-refractivity contribution < 1.29 is 27.4 Å². The first kappa shape index (κ1) is 24.1. The lowest BCUT2D eigenvalue weighted by molar-refractivity contribution is -0.137. The van der Waals surface area contributed by atoms with E-state index in [0.717, 1.165) is 25.1 Å². The van der Waals surface area contributed by atoms with Crippen molar-refractivity contribution >= 4 is 11.9 Å². The molecule has 2 aliphatic heterocycles. The lowest BCUT2D eigenvalue weighted by Crippen LogP contribution is -2.48. The second-order valence-corrected chi connectivity index (χ2v) is 9.34. The van der Waals surface area contributed by atoms with Crippen LogP contribution in [0.5, 0.6) is 5.75 Å². The molecule has 0 saturated carbocycles. The van der Waals surface area contributed by atoms with Gasteiger partial charge in [-0.1, -0.05) is 18.2 Å². The zero-order chi connectivity index (χ0) is 24.5. The second-order valence-electron chi connectivity index (χ2n) is 9.34. The van der Waals surface area contributed by atoms with E-state index in [1.807, 2.05) is 26.8 Å². The molecule has 2 aromatic carbocycles. The number of rotatable bonds is 2. The molecule has 6 nitrogen and oxygen atoms in total. The van der Waals surface area contributed by atoms with Gasteiger partial charge in [0.05, 0.1) is 23.7 Å². The lowest BCUT2D eigenvalue weighted by atomic mass is 10.00. The van der Waals surface area contributed by atoms with Gasteiger partial charge < -0.3 is 14.8 Å². The largest absolute Gasteiger partial charge is 0.491 e. The number of hydrogen-bond acceptors (Lipinski definition) is 5. The molecule has 0 spiro atoms. The van der Waals surface area contributed by atoms with Gasteiger partial charge >= 0.3 is 12.3 Å². The van der Waals surface area contributed by atoms with Crippen LogP contribution < -0.4 is 10.1 Å². The maximum absolute atomic E-state index is 13.3. The van der Waals surface area contributed by atoms with Gasteiger partial charge in [0.2, 0.25) is 0 Å². The zero-order valence-electron chi connectivity index (χ0n) is 19.4. The number of nitrogens with one attached hydrogen (secondary N) is 1. The Kier molecular flexibility index (Phi) is 6.58. The molecule has 34 heavy (non-hydrogen) atoms.